The van der Waals surface area contributed by atoms with Crippen LogP contribution < -0.4 is 5.73 Å². The SMILES string of the molecule is CCOC(=O)c1cc(-n2ccc(C)n2)ncc1N. The summed E-state index contributed by atoms with van der Waals surface area (Å²) in [5, 5.41) is 4.22. The van der Waals surface area contributed by atoms with Gasteiger partial charge in [-0.1, -0.05) is 0 Å². The molecule has 0 aliphatic rings. The van der Waals surface area contributed by atoms with Gasteiger partial charge in [-0.3, -0.25) is 0 Å². The maximum Gasteiger partial charge on any atom is 0.340 e. The van der Waals surface area contributed by atoms with Gasteiger partial charge in [0, 0.05) is 6.20 Å². The molecule has 6 nitrogen and oxygen atoms in total. The lowest BCUT2D eigenvalue weighted by Crippen LogP contribution is -2.10. The zero-order valence-corrected chi connectivity index (χ0v) is 10.3. The fourth-order valence-electron chi connectivity index (χ4n) is 1.51. The van der Waals surface area contributed by atoms with Crippen LogP contribution in [0.4, 0.5) is 5.69 Å². The van der Waals surface area contributed by atoms with Crippen molar-refractivity contribution in [1.82, 2.24) is 14.8 Å². The Bertz CT molecular complexity index is 577. The van der Waals surface area contributed by atoms with Gasteiger partial charge in [0.1, 0.15) is 0 Å². The third-order valence-corrected chi connectivity index (χ3v) is 2.37. The van der Waals surface area contributed by atoms with Crippen LogP contribution in [0.1, 0.15) is 23.0 Å². The fraction of sp³-hybridized carbons (Fsp3) is 0.250. The predicted octanol–water partition coefficient (Wildman–Crippen LogP) is 1.33. The highest BCUT2D eigenvalue weighted by Crippen LogP contribution is 2.15. The molecule has 0 atom stereocenters. The zero-order valence-electron chi connectivity index (χ0n) is 10.3. The second-order valence-corrected chi connectivity index (χ2v) is 3.75. The number of esters is 1. The molecule has 94 valence electrons. The van der Waals surface area contributed by atoms with E-state index in [1.807, 2.05) is 13.0 Å². The summed E-state index contributed by atoms with van der Waals surface area (Å²) < 4.78 is 6.51. The van der Waals surface area contributed by atoms with Gasteiger partial charge in [0.25, 0.3) is 0 Å². The lowest BCUT2D eigenvalue weighted by Gasteiger charge is -2.07. The first-order valence-corrected chi connectivity index (χ1v) is 5.57. The number of anilines is 1. The zero-order chi connectivity index (χ0) is 13.1. The van der Waals surface area contributed by atoms with Crippen molar-refractivity contribution in [3.8, 4) is 5.82 Å². The molecule has 0 saturated heterocycles. The van der Waals surface area contributed by atoms with Gasteiger partial charge in [0.15, 0.2) is 5.82 Å². The monoisotopic (exact) mass is 246 g/mol. The highest BCUT2D eigenvalue weighted by atomic mass is 16.5. The molecule has 0 bridgehead atoms. The summed E-state index contributed by atoms with van der Waals surface area (Å²) in [5.41, 5.74) is 7.17. The number of aryl methyl sites for hydroxylation is 1. The van der Waals surface area contributed by atoms with Crippen LogP contribution >= 0.6 is 0 Å². The molecule has 0 aromatic carbocycles. The van der Waals surface area contributed by atoms with Crippen molar-refractivity contribution in [3.63, 3.8) is 0 Å². The third-order valence-electron chi connectivity index (χ3n) is 2.37. The molecule has 2 aromatic heterocycles. The Balaban J connectivity index is 2.40. The Kier molecular flexibility index (Phi) is 3.27. The molecule has 0 unspecified atom stereocenters. The van der Waals surface area contributed by atoms with Crippen molar-refractivity contribution >= 4 is 11.7 Å². The minimum absolute atomic E-state index is 0.293. The summed E-state index contributed by atoms with van der Waals surface area (Å²) in [5.74, 6) is 0.0721. The summed E-state index contributed by atoms with van der Waals surface area (Å²) in [6.07, 6.45) is 3.20. The van der Waals surface area contributed by atoms with Crippen molar-refractivity contribution in [1.29, 1.82) is 0 Å². The van der Waals surface area contributed by atoms with Crippen molar-refractivity contribution in [3.05, 3.63) is 35.8 Å². The van der Waals surface area contributed by atoms with Crippen molar-refractivity contribution < 1.29 is 9.53 Å². The molecule has 2 heterocycles. The van der Waals surface area contributed by atoms with Crippen LogP contribution in [-0.4, -0.2) is 27.3 Å². The first-order chi connectivity index (χ1) is 8.61. The molecule has 6 heteroatoms. The Labute approximate surface area is 104 Å². The van der Waals surface area contributed by atoms with Crippen molar-refractivity contribution in [2.24, 2.45) is 0 Å². The molecule has 2 aromatic rings. The van der Waals surface area contributed by atoms with Crippen LogP contribution in [-0.2, 0) is 4.74 Å². The van der Waals surface area contributed by atoms with Crippen molar-refractivity contribution in [2.75, 3.05) is 12.3 Å². The number of nitrogens with zero attached hydrogens (tertiary/aromatic N) is 3. The molecule has 0 aliphatic carbocycles. The quantitative estimate of drug-likeness (QED) is 0.826. The molecule has 2 N–H and O–H groups in total. The molecule has 18 heavy (non-hydrogen) atoms. The minimum atomic E-state index is -0.456. The van der Waals surface area contributed by atoms with Gasteiger partial charge < -0.3 is 10.5 Å². The summed E-state index contributed by atoms with van der Waals surface area (Å²) in [7, 11) is 0. The van der Waals surface area contributed by atoms with Crippen LogP contribution in [0.15, 0.2) is 24.5 Å². The van der Waals surface area contributed by atoms with E-state index in [0.29, 0.717) is 23.7 Å². The number of aromatic nitrogens is 3. The highest BCUT2D eigenvalue weighted by molar-refractivity contribution is 5.95. The van der Waals surface area contributed by atoms with Crippen LogP contribution in [0, 0.1) is 6.92 Å². The maximum absolute atomic E-state index is 11.7. The van der Waals surface area contributed by atoms with E-state index in [0.717, 1.165) is 5.69 Å². The largest absolute Gasteiger partial charge is 0.462 e. The molecule has 0 aliphatic heterocycles. The Morgan fingerprint density at radius 1 is 1.56 bits per heavy atom. The normalized spacial score (nSPS) is 10.3. The number of nitrogen functional groups attached to an aromatic ring is 1. The minimum Gasteiger partial charge on any atom is -0.462 e. The Morgan fingerprint density at radius 3 is 2.94 bits per heavy atom. The summed E-state index contributed by atoms with van der Waals surface area (Å²) in [4.78, 5) is 15.8. The van der Waals surface area contributed by atoms with Gasteiger partial charge in [0.05, 0.1) is 29.7 Å². The lowest BCUT2D eigenvalue weighted by molar-refractivity contribution is 0.0527. The first-order valence-electron chi connectivity index (χ1n) is 5.57. The average molecular weight is 246 g/mol. The number of ether oxygens (including phenoxy) is 1. The Hall–Kier alpha value is -2.37. The molecular weight excluding hydrogens is 232 g/mol. The van der Waals surface area contributed by atoms with E-state index >= 15 is 0 Å². The molecule has 0 spiro atoms. The number of rotatable bonds is 3. The Morgan fingerprint density at radius 2 is 2.33 bits per heavy atom. The second kappa shape index (κ2) is 4.87. The second-order valence-electron chi connectivity index (χ2n) is 3.75. The van der Waals surface area contributed by atoms with Gasteiger partial charge in [-0.25, -0.2) is 14.5 Å². The molecular formula is C12H14N4O2. The van der Waals surface area contributed by atoms with Gasteiger partial charge in [-0.05, 0) is 26.0 Å². The standard InChI is InChI=1S/C12H14N4O2/c1-3-18-12(17)9-6-11(14-7-10(9)13)16-5-4-8(2)15-16/h4-7H,3,13H2,1-2H3. The summed E-state index contributed by atoms with van der Waals surface area (Å²) in [6.45, 7) is 3.92. The number of carbonyl (C=O) groups excluding carboxylic acids is 1. The van der Waals surface area contributed by atoms with Crippen LogP contribution in [0.25, 0.3) is 5.82 Å². The average Bonchev–Trinajstić information content (AvgIpc) is 2.77. The lowest BCUT2D eigenvalue weighted by atomic mass is 10.2. The van der Waals surface area contributed by atoms with Crippen molar-refractivity contribution in [2.45, 2.75) is 13.8 Å². The van der Waals surface area contributed by atoms with E-state index in [2.05, 4.69) is 10.1 Å². The van der Waals surface area contributed by atoms with Gasteiger partial charge >= 0.3 is 5.97 Å². The van der Waals surface area contributed by atoms with Gasteiger partial charge in [0.2, 0.25) is 0 Å². The molecule has 2 rings (SSSR count). The molecule has 0 radical (unpaired) electrons. The van der Waals surface area contributed by atoms with Crippen LogP contribution in [0.2, 0.25) is 0 Å². The number of hydrogen-bond donors (Lipinski definition) is 1. The van der Waals surface area contributed by atoms with E-state index in [4.69, 9.17) is 10.5 Å². The summed E-state index contributed by atoms with van der Waals surface area (Å²) >= 11 is 0. The number of hydrogen-bond acceptors (Lipinski definition) is 5. The van der Waals surface area contributed by atoms with E-state index < -0.39 is 5.97 Å². The summed E-state index contributed by atoms with van der Waals surface area (Å²) in [6, 6.07) is 3.42. The van der Waals surface area contributed by atoms with E-state index in [-0.39, 0.29) is 0 Å². The maximum atomic E-state index is 11.7. The van der Waals surface area contributed by atoms with Crippen LogP contribution in [0.3, 0.4) is 0 Å². The predicted molar refractivity (Wildman–Crippen MR) is 66.5 cm³/mol. The van der Waals surface area contributed by atoms with E-state index in [9.17, 15) is 4.79 Å². The fourth-order valence-corrected chi connectivity index (χ4v) is 1.51. The van der Waals surface area contributed by atoms with Crippen LogP contribution in [0.5, 0.6) is 0 Å². The van der Waals surface area contributed by atoms with E-state index in [1.54, 1.807) is 23.9 Å². The molecule has 0 amide bonds. The van der Waals surface area contributed by atoms with Gasteiger partial charge in [-0.15, -0.1) is 0 Å². The highest BCUT2D eigenvalue weighted by Gasteiger charge is 2.13. The van der Waals surface area contributed by atoms with E-state index in [1.165, 1.54) is 6.20 Å². The third kappa shape index (κ3) is 2.32. The topological polar surface area (TPSA) is 83.0 Å². The first kappa shape index (κ1) is 12.1. The number of nitrogens with two attached hydrogens (primary N) is 1. The number of pyridine rings is 1. The number of carbonyl (C=O) groups is 1. The molecule has 0 saturated carbocycles. The smallest absolute Gasteiger partial charge is 0.340 e. The molecule has 0 fully saturated rings. The van der Waals surface area contributed by atoms with Gasteiger partial charge in [-0.2, -0.15) is 5.10 Å².